The summed E-state index contributed by atoms with van der Waals surface area (Å²) in [7, 11) is -3.57. The van der Waals surface area contributed by atoms with E-state index in [0.717, 1.165) is 16.5 Å². The SMILES string of the molecule is C[C@@H](C(=O)Nc1cccc2ccccc12)N1CCN(S(=O)(=O)c2ccc(Cl)cc2)CC1. The van der Waals surface area contributed by atoms with Crippen molar-refractivity contribution in [2.75, 3.05) is 31.5 Å². The Morgan fingerprint density at radius 3 is 2.29 bits per heavy atom. The van der Waals surface area contributed by atoms with E-state index in [4.69, 9.17) is 11.6 Å². The Morgan fingerprint density at radius 2 is 1.58 bits per heavy atom. The summed E-state index contributed by atoms with van der Waals surface area (Å²) in [4.78, 5) is 15.1. The van der Waals surface area contributed by atoms with E-state index < -0.39 is 10.0 Å². The Kier molecular flexibility index (Phi) is 6.29. The van der Waals surface area contributed by atoms with E-state index in [2.05, 4.69) is 5.32 Å². The van der Waals surface area contributed by atoms with Gasteiger partial charge in [0.05, 0.1) is 10.9 Å². The van der Waals surface area contributed by atoms with E-state index in [0.29, 0.717) is 31.2 Å². The minimum Gasteiger partial charge on any atom is -0.324 e. The van der Waals surface area contributed by atoms with Gasteiger partial charge in [0.2, 0.25) is 15.9 Å². The van der Waals surface area contributed by atoms with Crippen LogP contribution in [0.3, 0.4) is 0 Å². The highest BCUT2D eigenvalue weighted by atomic mass is 35.5. The highest BCUT2D eigenvalue weighted by Crippen LogP contribution is 2.24. The summed E-state index contributed by atoms with van der Waals surface area (Å²) in [6, 6.07) is 19.5. The summed E-state index contributed by atoms with van der Waals surface area (Å²) >= 11 is 5.87. The highest BCUT2D eigenvalue weighted by molar-refractivity contribution is 7.89. The standard InChI is InChI=1S/C23H24ClN3O3S/c1-17(23(28)25-22-8-4-6-18-5-2-3-7-21(18)22)26-13-15-27(16-14-26)31(29,30)20-11-9-19(24)10-12-20/h2-12,17H,13-16H2,1H3,(H,25,28)/t17-/m0/s1. The van der Waals surface area contributed by atoms with E-state index in [-0.39, 0.29) is 16.8 Å². The molecule has 0 aliphatic carbocycles. The average molecular weight is 458 g/mol. The van der Waals surface area contributed by atoms with Gasteiger partial charge in [-0.1, -0.05) is 48.0 Å². The fourth-order valence-corrected chi connectivity index (χ4v) is 5.37. The van der Waals surface area contributed by atoms with Gasteiger partial charge in [-0.2, -0.15) is 4.31 Å². The molecule has 1 fully saturated rings. The first-order chi connectivity index (χ1) is 14.9. The van der Waals surface area contributed by atoms with E-state index in [1.165, 1.54) is 16.4 Å². The van der Waals surface area contributed by atoms with Crippen LogP contribution >= 0.6 is 11.6 Å². The van der Waals surface area contributed by atoms with Gasteiger partial charge in [0.25, 0.3) is 0 Å². The quantitative estimate of drug-likeness (QED) is 0.632. The lowest BCUT2D eigenvalue weighted by molar-refractivity contribution is -0.121. The molecule has 1 heterocycles. The van der Waals surface area contributed by atoms with Crippen LogP contribution in [0.5, 0.6) is 0 Å². The molecule has 31 heavy (non-hydrogen) atoms. The Bertz CT molecular complexity index is 1180. The number of carbonyl (C=O) groups excluding carboxylic acids is 1. The number of halogens is 1. The number of piperazine rings is 1. The first kappa shape index (κ1) is 21.8. The van der Waals surface area contributed by atoms with Crippen LogP contribution in [0.2, 0.25) is 5.02 Å². The lowest BCUT2D eigenvalue weighted by Crippen LogP contribution is -2.53. The van der Waals surface area contributed by atoms with Gasteiger partial charge in [0.15, 0.2) is 0 Å². The number of anilines is 1. The number of benzene rings is 3. The topological polar surface area (TPSA) is 69.7 Å². The van der Waals surface area contributed by atoms with Crippen molar-refractivity contribution in [3.8, 4) is 0 Å². The number of nitrogens with one attached hydrogen (secondary N) is 1. The number of hydrogen-bond donors (Lipinski definition) is 1. The first-order valence-corrected chi connectivity index (χ1v) is 12.0. The molecule has 1 aliphatic rings. The zero-order chi connectivity index (χ0) is 22.0. The molecule has 8 heteroatoms. The number of amides is 1. The lowest BCUT2D eigenvalue weighted by atomic mass is 10.1. The number of fused-ring (bicyclic) bond motifs is 1. The summed E-state index contributed by atoms with van der Waals surface area (Å²) < 4.78 is 27.2. The Balaban J connectivity index is 1.40. The monoisotopic (exact) mass is 457 g/mol. The zero-order valence-electron chi connectivity index (χ0n) is 17.2. The van der Waals surface area contributed by atoms with Crippen LogP contribution in [0.1, 0.15) is 6.92 Å². The van der Waals surface area contributed by atoms with Crippen molar-refractivity contribution in [1.29, 1.82) is 0 Å². The van der Waals surface area contributed by atoms with Crippen molar-refractivity contribution in [2.24, 2.45) is 0 Å². The number of sulfonamides is 1. The third-order valence-electron chi connectivity index (χ3n) is 5.70. The summed E-state index contributed by atoms with van der Waals surface area (Å²) in [5, 5.41) is 5.58. The molecule has 0 aromatic heterocycles. The summed E-state index contributed by atoms with van der Waals surface area (Å²) in [6.45, 7) is 3.48. The van der Waals surface area contributed by atoms with E-state index in [9.17, 15) is 13.2 Å². The van der Waals surface area contributed by atoms with Crippen LogP contribution < -0.4 is 5.32 Å². The normalized spacial score (nSPS) is 16.8. The fraction of sp³-hybridized carbons (Fsp3) is 0.261. The molecule has 1 aliphatic heterocycles. The number of nitrogens with zero attached hydrogens (tertiary/aromatic N) is 2. The summed E-state index contributed by atoms with van der Waals surface area (Å²) in [6.07, 6.45) is 0. The maximum Gasteiger partial charge on any atom is 0.243 e. The molecule has 0 spiro atoms. The Hall–Kier alpha value is -2.45. The molecule has 1 atom stereocenters. The number of rotatable bonds is 5. The Labute approximate surface area is 187 Å². The number of hydrogen-bond acceptors (Lipinski definition) is 4. The molecule has 4 rings (SSSR count). The molecule has 6 nitrogen and oxygen atoms in total. The molecule has 1 N–H and O–H groups in total. The average Bonchev–Trinajstić information content (AvgIpc) is 2.79. The first-order valence-electron chi connectivity index (χ1n) is 10.1. The second kappa shape index (κ2) is 8.96. The molecule has 0 radical (unpaired) electrons. The van der Waals surface area contributed by atoms with Gasteiger partial charge < -0.3 is 5.32 Å². The van der Waals surface area contributed by atoms with Crippen LogP contribution in [0, 0.1) is 0 Å². The predicted octanol–water partition coefficient (Wildman–Crippen LogP) is 3.83. The molecule has 162 valence electrons. The smallest absolute Gasteiger partial charge is 0.243 e. The van der Waals surface area contributed by atoms with Crippen LogP contribution in [0.15, 0.2) is 71.6 Å². The van der Waals surface area contributed by atoms with Crippen molar-refractivity contribution >= 4 is 44.0 Å². The second-order valence-corrected chi connectivity index (χ2v) is 9.96. The molecule has 1 amide bonds. The number of carbonyl (C=O) groups is 1. The van der Waals surface area contributed by atoms with Crippen LogP contribution in [0.4, 0.5) is 5.69 Å². The van der Waals surface area contributed by atoms with E-state index in [1.807, 2.05) is 54.3 Å². The van der Waals surface area contributed by atoms with Gasteiger partial charge in [-0.15, -0.1) is 0 Å². The van der Waals surface area contributed by atoms with Crippen LogP contribution in [-0.4, -0.2) is 55.8 Å². The van der Waals surface area contributed by atoms with Crippen LogP contribution in [-0.2, 0) is 14.8 Å². The molecule has 3 aromatic rings. The minimum atomic E-state index is -3.57. The Morgan fingerprint density at radius 1 is 0.935 bits per heavy atom. The van der Waals surface area contributed by atoms with Gasteiger partial charge >= 0.3 is 0 Å². The van der Waals surface area contributed by atoms with Gasteiger partial charge in [0, 0.05) is 42.3 Å². The third-order valence-corrected chi connectivity index (χ3v) is 7.86. The highest BCUT2D eigenvalue weighted by Gasteiger charge is 2.31. The maximum absolute atomic E-state index is 12.9. The molecule has 0 saturated carbocycles. The van der Waals surface area contributed by atoms with E-state index >= 15 is 0 Å². The van der Waals surface area contributed by atoms with Crippen molar-refractivity contribution in [2.45, 2.75) is 17.9 Å². The summed E-state index contributed by atoms with van der Waals surface area (Å²) in [5.74, 6) is -0.106. The lowest BCUT2D eigenvalue weighted by Gasteiger charge is -2.36. The van der Waals surface area contributed by atoms with Crippen molar-refractivity contribution in [3.05, 3.63) is 71.8 Å². The molecule has 1 saturated heterocycles. The van der Waals surface area contributed by atoms with Gasteiger partial charge in [-0.3, -0.25) is 9.69 Å². The molecular weight excluding hydrogens is 434 g/mol. The van der Waals surface area contributed by atoms with Gasteiger partial charge in [-0.05, 0) is 42.6 Å². The second-order valence-electron chi connectivity index (χ2n) is 7.59. The molecule has 0 unspecified atom stereocenters. The molecule has 3 aromatic carbocycles. The maximum atomic E-state index is 12.9. The molecular formula is C23H24ClN3O3S. The fourth-order valence-electron chi connectivity index (χ4n) is 3.82. The van der Waals surface area contributed by atoms with Crippen molar-refractivity contribution in [3.63, 3.8) is 0 Å². The molecule has 0 bridgehead atoms. The predicted molar refractivity (Wildman–Crippen MR) is 124 cm³/mol. The van der Waals surface area contributed by atoms with Gasteiger partial charge in [-0.25, -0.2) is 8.42 Å². The minimum absolute atomic E-state index is 0.106. The van der Waals surface area contributed by atoms with Crippen LogP contribution in [0.25, 0.3) is 10.8 Å². The van der Waals surface area contributed by atoms with Gasteiger partial charge in [0.1, 0.15) is 0 Å². The van der Waals surface area contributed by atoms with E-state index in [1.54, 1.807) is 12.1 Å². The third kappa shape index (κ3) is 4.60. The zero-order valence-corrected chi connectivity index (χ0v) is 18.7. The van der Waals surface area contributed by atoms with Crippen molar-refractivity contribution in [1.82, 2.24) is 9.21 Å². The summed E-state index contributed by atoms with van der Waals surface area (Å²) in [5.41, 5.74) is 0.777. The largest absolute Gasteiger partial charge is 0.324 e. The van der Waals surface area contributed by atoms with Crippen molar-refractivity contribution < 1.29 is 13.2 Å².